The number of carbonyl (C=O) groups is 1. The van der Waals surface area contributed by atoms with Crippen LogP contribution in [0.25, 0.3) is 21.8 Å². The second-order valence-corrected chi connectivity index (χ2v) is 11.9. The van der Waals surface area contributed by atoms with Crippen molar-refractivity contribution in [2.75, 3.05) is 0 Å². The predicted octanol–water partition coefficient (Wildman–Crippen LogP) is 10.1. The Morgan fingerprint density at radius 3 is 2.21 bits per heavy atom. The maximum absolute atomic E-state index is 12.6. The number of hydrogen-bond donors (Lipinski definition) is 0. The molecule has 5 aromatic rings. The summed E-state index contributed by atoms with van der Waals surface area (Å²) in [5.41, 5.74) is 8.20. The van der Waals surface area contributed by atoms with E-state index < -0.39 is 5.97 Å². The Kier molecular flexibility index (Phi) is 8.34. The molecule has 0 atom stereocenters. The summed E-state index contributed by atoms with van der Waals surface area (Å²) in [5, 5.41) is 5.38. The highest BCUT2D eigenvalue weighted by Crippen LogP contribution is 2.45. The van der Waals surface area contributed by atoms with E-state index in [9.17, 15) is 4.79 Å². The van der Waals surface area contributed by atoms with Crippen LogP contribution < -0.4 is 0 Å². The lowest BCUT2D eigenvalue weighted by atomic mass is 9.97. The summed E-state index contributed by atoms with van der Waals surface area (Å²) in [5.74, 6) is -0.534. The van der Waals surface area contributed by atoms with Crippen LogP contribution in [0.3, 0.4) is 0 Å². The molecule has 0 bridgehead atoms. The van der Waals surface area contributed by atoms with E-state index in [-0.39, 0.29) is 0 Å². The molecule has 1 aromatic heterocycles. The average molecular weight is 610 g/mol. The Hall–Kier alpha value is -4.03. The Balaban J connectivity index is 1.44. The van der Waals surface area contributed by atoms with Crippen LogP contribution in [0.2, 0.25) is 10.0 Å². The predicted molar refractivity (Wildman–Crippen MR) is 174 cm³/mol. The van der Waals surface area contributed by atoms with E-state index in [0.717, 1.165) is 50.7 Å². The summed E-state index contributed by atoms with van der Waals surface area (Å²) in [6.07, 6.45) is 3.19. The van der Waals surface area contributed by atoms with Gasteiger partial charge in [0.25, 0.3) is 0 Å². The van der Waals surface area contributed by atoms with Crippen molar-refractivity contribution >= 4 is 52.1 Å². The van der Waals surface area contributed by atoms with Gasteiger partial charge in [0, 0.05) is 36.8 Å². The van der Waals surface area contributed by atoms with Crippen LogP contribution in [0.1, 0.15) is 33.6 Å². The number of hydrogen-bond acceptors (Lipinski definition) is 4. The number of nitrogens with zero attached hydrogens (tertiary/aromatic N) is 2. The third-order valence-electron chi connectivity index (χ3n) is 7.09. The molecular weight excluding hydrogens is 583 g/mol. The van der Waals surface area contributed by atoms with Gasteiger partial charge in [-0.2, -0.15) is 0 Å². The molecule has 0 spiro atoms. The van der Waals surface area contributed by atoms with Gasteiger partial charge < -0.3 is 9.40 Å². The number of thioether (sulfide) groups is 1. The fourth-order valence-electron chi connectivity index (χ4n) is 4.98. The number of halogens is 2. The molecular formula is C35H26Cl2N2O2S. The van der Waals surface area contributed by atoms with Gasteiger partial charge in [-0.1, -0.05) is 88.1 Å². The quantitative estimate of drug-likeness (QED) is 0.105. The summed E-state index contributed by atoms with van der Waals surface area (Å²) >= 11 is 13.9. The van der Waals surface area contributed by atoms with Crippen LogP contribution in [-0.4, -0.2) is 16.8 Å². The minimum Gasteiger partial charge on any atom is -0.313 e. The lowest BCUT2D eigenvalue weighted by Gasteiger charge is -2.21. The summed E-state index contributed by atoms with van der Waals surface area (Å²) in [7, 11) is 0. The van der Waals surface area contributed by atoms with Crippen molar-refractivity contribution < 1.29 is 9.63 Å². The summed E-state index contributed by atoms with van der Waals surface area (Å²) in [6.45, 7) is 2.08. The average Bonchev–Trinajstić information content (AvgIpc) is 3.40. The zero-order valence-corrected chi connectivity index (χ0v) is 25.1. The van der Waals surface area contributed by atoms with E-state index in [4.69, 9.17) is 28.0 Å². The van der Waals surface area contributed by atoms with Crippen LogP contribution in [0.4, 0.5) is 0 Å². The molecule has 0 unspecified atom stereocenters. The number of allylic oxidation sites excluding steroid dienone is 1. The molecule has 6 rings (SSSR count). The first-order chi connectivity index (χ1) is 20.5. The van der Waals surface area contributed by atoms with Crippen molar-refractivity contribution in [2.24, 2.45) is 5.16 Å². The first kappa shape index (κ1) is 28.1. The number of benzene rings is 4. The van der Waals surface area contributed by atoms with Gasteiger partial charge in [-0.25, -0.2) is 4.79 Å². The standard InChI is InChI=1S/C35H26Cl2N2O2S/c1-23-7-18-30(19-8-23)42-34-26(22-38-41-35(40)25-9-12-27(36)13-10-25)11-20-32-31(34)21-33(24-5-3-2-4-6-24)39(32)29-16-14-28(37)15-17-29/h2-10,12-19,21-22H,11,20H2,1H3/b38-22+. The van der Waals surface area contributed by atoms with Crippen molar-refractivity contribution in [3.63, 3.8) is 0 Å². The third kappa shape index (κ3) is 6.09. The number of aryl methyl sites for hydroxylation is 1. The monoisotopic (exact) mass is 608 g/mol. The molecule has 0 N–H and O–H groups in total. The number of oxime groups is 1. The van der Waals surface area contributed by atoms with Gasteiger partial charge in [-0.05, 0) is 97.6 Å². The molecule has 208 valence electrons. The van der Waals surface area contributed by atoms with Crippen molar-refractivity contribution in [1.82, 2.24) is 4.57 Å². The molecule has 1 aliphatic carbocycles. The summed E-state index contributed by atoms with van der Waals surface area (Å²) in [4.78, 5) is 20.0. The topological polar surface area (TPSA) is 43.6 Å². The SMILES string of the molecule is Cc1ccc(SC2=C(/C=N/OC(=O)c3ccc(Cl)cc3)CCc3c2cc(-c2ccccc2)n3-c2ccc(Cl)cc2)cc1. The Morgan fingerprint density at radius 2 is 1.52 bits per heavy atom. The van der Waals surface area contributed by atoms with Gasteiger partial charge in [0.15, 0.2) is 0 Å². The van der Waals surface area contributed by atoms with E-state index in [2.05, 4.69) is 83.4 Å². The number of fused-ring (bicyclic) bond motifs is 1. The van der Waals surface area contributed by atoms with E-state index in [1.165, 1.54) is 11.3 Å². The van der Waals surface area contributed by atoms with E-state index >= 15 is 0 Å². The van der Waals surface area contributed by atoms with Crippen molar-refractivity contribution in [1.29, 1.82) is 0 Å². The fraction of sp³-hybridized carbons (Fsp3) is 0.0857. The molecule has 0 amide bonds. The number of rotatable bonds is 7. The first-order valence-electron chi connectivity index (χ1n) is 13.5. The Bertz CT molecular complexity index is 1790. The molecule has 7 heteroatoms. The molecule has 0 saturated heterocycles. The highest BCUT2D eigenvalue weighted by atomic mass is 35.5. The molecule has 1 heterocycles. The van der Waals surface area contributed by atoms with Crippen LogP contribution >= 0.6 is 35.0 Å². The molecule has 42 heavy (non-hydrogen) atoms. The van der Waals surface area contributed by atoms with E-state index in [1.807, 2.05) is 18.2 Å². The second-order valence-electron chi connectivity index (χ2n) is 9.96. The van der Waals surface area contributed by atoms with Crippen molar-refractivity contribution in [2.45, 2.75) is 24.7 Å². The van der Waals surface area contributed by atoms with Crippen LogP contribution in [0, 0.1) is 6.92 Å². The van der Waals surface area contributed by atoms with Gasteiger partial charge in [-0.3, -0.25) is 0 Å². The molecule has 0 saturated carbocycles. The minimum atomic E-state index is -0.534. The van der Waals surface area contributed by atoms with E-state index in [0.29, 0.717) is 15.6 Å². The van der Waals surface area contributed by atoms with Crippen LogP contribution in [-0.2, 0) is 11.3 Å². The Morgan fingerprint density at radius 1 is 0.857 bits per heavy atom. The fourth-order valence-corrected chi connectivity index (χ4v) is 6.32. The highest BCUT2D eigenvalue weighted by Gasteiger charge is 2.26. The minimum absolute atomic E-state index is 0.387. The van der Waals surface area contributed by atoms with Gasteiger partial charge in [0.05, 0.1) is 17.5 Å². The van der Waals surface area contributed by atoms with Gasteiger partial charge >= 0.3 is 5.97 Å². The van der Waals surface area contributed by atoms with E-state index in [1.54, 1.807) is 42.2 Å². The van der Waals surface area contributed by atoms with Gasteiger partial charge in [0.2, 0.25) is 0 Å². The van der Waals surface area contributed by atoms with Gasteiger partial charge in [-0.15, -0.1) is 0 Å². The second kappa shape index (κ2) is 12.5. The maximum Gasteiger partial charge on any atom is 0.365 e. The molecule has 1 aliphatic rings. The highest BCUT2D eigenvalue weighted by molar-refractivity contribution is 8.08. The largest absolute Gasteiger partial charge is 0.365 e. The van der Waals surface area contributed by atoms with Crippen LogP contribution in [0.5, 0.6) is 0 Å². The lowest BCUT2D eigenvalue weighted by molar-refractivity contribution is 0.0519. The number of carbonyl (C=O) groups excluding carboxylic acids is 1. The Labute approximate surface area is 259 Å². The zero-order valence-electron chi connectivity index (χ0n) is 22.8. The number of aromatic nitrogens is 1. The maximum atomic E-state index is 12.6. The van der Waals surface area contributed by atoms with Crippen molar-refractivity contribution in [3.05, 3.63) is 147 Å². The normalized spacial score (nSPS) is 12.9. The zero-order chi connectivity index (χ0) is 29.1. The molecule has 0 aliphatic heterocycles. The van der Waals surface area contributed by atoms with Crippen molar-refractivity contribution in [3.8, 4) is 16.9 Å². The first-order valence-corrected chi connectivity index (χ1v) is 15.1. The molecule has 4 aromatic carbocycles. The molecule has 0 radical (unpaired) electrons. The third-order valence-corrected chi connectivity index (χ3v) is 8.79. The van der Waals surface area contributed by atoms with Gasteiger partial charge in [0.1, 0.15) is 0 Å². The molecule has 0 fully saturated rings. The molecule has 4 nitrogen and oxygen atoms in total. The smallest absolute Gasteiger partial charge is 0.313 e. The summed E-state index contributed by atoms with van der Waals surface area (Å²) < 4.78 is 2.32. The summed E-state index contributed by atoms with van der Waals surface area (Å²) in [6, 6.07) is 35.6. The van der Waals surface area contributed by atoms with Crippen LogP contribution in [0.15, 0.2) is 125 Å². The lowest BCUT2D eigenvalue weighted by Crippen LogP contribution is -2.09.